The maximum absolute atomic E-state index is 11.3. The first kappa shape index (κ1) is 13.6. The number of anilines is 2. The van der Waals surface area contributed by atoms with E-state index in [0.29, 0.717) is 17.5 Å². The Morgan fingerprint density at radius 1 is 1.63 bits per heavy atom. The molecule has 104 valence electrons. The Morgan fingerprint density at radius 2 is 2.37 bits per heavy atom. The number of carbonyl (C=O) groups is 1. The molecule has 2 rings (SSSR count). The van der Waals surface area contributed by atoms with Crippen LogP contribution in [0.2, 0.25) is 0 Å². The van der Waals surface area contributed by atoms with E-state index < -0.39 is 5.97 Å². The van der Waals surface area contributed by atoms with Crippen molar-refractivity contribution in [3.63, 3.8) is 0 Å². The normalized spacial score (nSPS) is 19.1. The Labute approximate surface area is 112 Å². The highest BCUT2D eigenvalue weighted by atomic mass is 16.4. The highest BCUT2D eigenvalue weighted by molar-refractivity contribution is 5.94. The second-order valence-electron chi connectivity index (χ2n) is 5.20. The number of pyridine rings is 1. The maximum Gasteiger partial charge on any atom is 0.339 e. The summed E-state index contributed by atoms with van der Waals surface area (Å²) in [5, 5.41) is 9.29. The lowest BCUT2D eigenvalue weighted by Gasteiger charge is -2.29. The Bertz CT molecular complexity index is 476. The summed E-state index contributed by atoms with van der Waals surface area (Å²) in [6, 6.07) is 1.79. The second-order valence-corrected chi connectivity index (χ2v) is 5.20. The predicted octanol–water partition coefficient (Wildman–Crippen LogP) is 0.892. The monoisotopic (exact) mass is 264 g/mol. The van der Waals surface area contributed by atoms with Crippen molar-refractivity contribution in [3.8, 4) is 0 Å². The van der Waals surface area contributed by atoms with E-state index in [9.17, 15) is 9.90 Å². The third-order valence-corrected chi connectivity index (χ3v) is 3.34. The SMILES string of the molecule is CN(C)CC1CCCN1c1ncc(N)cc1C(=O)O. The van der Waals surface area contributed by atoms with Crippen LogP contribution in [0.3, 0.4) is 0 Å². The molecule has 2 heterocycles. The van der Waals surface area contributed by atoms with Crippen LogP contribution in [-0.2, 0) is 0 Å². The topological polar surface area (TPSA) is 82.7 Å². The number of rotatable bonds is 4. The number of nitrogen functional groups attached to an aromatic ring is 1. The standard InChI is InChI=1S/C13H20N4O2/c1-16(2)8-10-4-3-5-17(10)12-11(13(18)19)6-9(14)7-15-12/h6-7,10H,3-5,8,14H2,1-2H3,(H,18,19). The van der Waals surface area contributed by atoms with Crippen LogP contribution >= 0.6 is 0 Å². The number of hydrogen-bond donors (Lipinski definition) is 2. The van der Waals surface area contributed by atoms with E-state index in [0.717, 1.165) is 25.9 Å². The molecule has 0 amide bonds. The molecule has 1 unspecified atom stereocenters. The summed E-state index contributed by atoms with van der Waals surface area (Å²) in [7, 11) is 4.04. The smallest absolute Gasteiger partial charge is 0.339 e. The summed E-state index contributed by atoms with van der Waals surface area (Å²) < 4.78 is 0. The van der Waals surface area contributed by atoms with Gasteiger partial charge in [-0.3, -0.25) is 0 Å². The van der Waals surface area contributed by atoms with Gasteiger partial charge in [0.15, 0.2) is 0 Å². The molecule has 1 aromatic heterocycles. The molecular weight excluding hydrogens is 244 g/mol. The van der Waals surface area contributed by atoms with Gasteiger partial charge in [-0.05, 0) is 33.0 Å². The molecule has 0 radical (unpaired) electrons. The number of nitrogens with two attached hydrogens (primary N) is 1. The van der Waals surface area contributed by atoms with Crippen LogP contribution < -0.4 is 10.6 Å². The van der Waals surface area contributed by atoms with Gasteiger partial charge in [-0.15, -0.1) is 0 Å². The number of likely N-dealkylation sites (N-methyl/N-ethyl adjacent to an activating group) is 1. The van der Waals surface area contributed by atoms with Gasteiger partial charge in [-0.2, -0.15) is 0 Å². The van der Waals surface area contributed by atoms with Gasteiger partial charge in [-0.1, -0.05) is 0 Å². The molecule has 1 saturated heterocycles. The van der Waals surface area contributed by atoms with Crippen molar-refractivity contribution >= 4 is 17.5 Å². The van der Waals surface area contributed by atoms with Crippen LogP contribution in [0, 0.1) is 0 Å². The molecule has 0 aromatic carbocycles. The van der Waals surface area contributed by atoms with Crippen LogP contribution in [0.4, 0.5) is 11.5 Å². The number of aromatic nitrogens is 1. The van der Waals surface area contributed by atoms with Gasteiger partial charge in [0.2, 0.25) is 0 Å². The fourth-order valence-electron chi connectivity index (χ4n) is 2.59. The number of carboxylic acid groups (broad SMARTS) is 1. The Kier molecular flexibility index (Phi) is 3.90. The maximum atomic E-state index is 11.3. The molecular formula is C13H20N4O2. The number of aromatic carboxylic acids is 1. The minimum absolute atomic E-state index is 0.186. The van der Waals surface area contributed by atoms with Crippen LogP contribution in [0.25, 0.3) is 0 Å². The molecule has 0 aliphatic carbocycles. The Balaban J connectivity index is 2.32. The van der Waals surface area contributed by atoms with Gasteiger partial charge >= 0.3 is 5.97 Å². The lowest BCUT2D eigenvalue weighted by Crippen LogP contribution is -2.38. The zero-order valence-electron chi connectivity index (χ0n) is 11.3. The van der Waals surface area contributed by atoms with E-state index in [-0.39, 0.29) is 5.56 Å². The molecule has 0 spiro atoms. The minimum Gasteiger partial charge on any atom is -0.478 e. The van der Waals surface area contributed by atoms with Crippen molar-refractivity contribution in [2.45, 2.75) is 18.9 Å². The molecule has 3 N–H and O–H groups in total. The number of hydrogen-bond acceptors (Lipinski definition) is 5. The first-order chi connectivity index (χ1) is 8.99. The van der Waals surface area contributed by atoms with E-state index in [2.05, 4.69) is 14.8 Å². The first-order valence-corrected chi connectivity index (χ1v) is 6.39. The van der Waals surface area contributed by atoms with Gasteiger partial charge in [-0.25, -0.2) is 9.78 Å². The zero-order chi connectivity index (χ0) is 14.0. The third kappa shape index (κ3) is 2.96. The summed E-state index contributed by atoms with van der Waals surface area (Å²) in [4.78, 5) is 19.8. The average Bonchev–Trinajstić information content (AvgIpc) is 2.76. The molecule has 0 bridgehead atoms. The van der Waals surface area contributed by atoms with Crippen molar-refractivity contribution in [1.82, 2.24) is 9.88 Å². The van der Waals surface area contributed by atoms with E-state index >= 15 is 0 Å². The fraction of sp³-hybridized carbons (Fsp3) is 0.538. The van der Waals surface area contributed by atoms with Crippen molar-refractivity contribution < 1.29 is 9.90 Å². The first-order valence-electron chi connectivity index (χ1n) is 6.39. The Hall–Kier alpha value is -1.82. The molecule has 1 aliphatic rings. The molecule has 19 heavy (non-hydrogen) atoms. The van der Waals surface area contributed by atoms with Gasteiger partial charge < -0.3 is 20.6 Å². The van der Waals surface area contributed by atoms with Crippen LogP contribution in [-0.4, -0.2) is 54.2 Å². The van der Waals surface area contributed by atoms with Crippen molar-refractivity contribution in [2.75, 3.05) is 37.8 Å². The van der Waals surface area contributed by atoms with E-state index in [1.54, 1.807) is 0 Å². The van der Waals surface area contributed by atoms with Gasteiger partial charge in [0.05, 0.1) is 11.9 Å². The third-order valence-electron chi connectivity index (χ3n) is 3.34. The van der Waals surface area contributed by atoms with Gasteiger partial charge in [0.25, 0.3) is 0 Å². The minimum atomic E-state index is -0.981. The predicted molar refractivity (Wildman–Crippen MR) is 74.5 cm³/mol. The highest BCUT2D eigenvalue weighted by Crippen LogP contribution is 2.28. The highest BCUT2D eigenvalue weighted by Gasteiger charge is 2.29. The van der Waals surface area contributed by atoms with Gasteiger partial charge in [0, 0.05) is 19.1 Å². The van der Waals surface area contributed by atoms with Gasteiger partial charge in [0.1, 0.15) is 11.4 Å². The van der Waals surface area contributed by atoms with E-state index in [1.165, 1.54) is 12.3 Å². The van der Waals surface area contributed by atoms with Crippen molar-refractivity contribution in [1.29, 1.82) is 0 Å². The average molecular weight is 264 g/mol. The molecule has 6 heteroatoms. The molecule has 1 atom stereocenters. The lowest BCUT2D eigenvalue weighted by molar-refractivity contribution is 0.0697. The van der Waals surface area contributed by atoms with Crippen LogP contribution in [0.1, 0.15) is 23.2 Å². The zero-order valence-corrected chi connectivity index (χ0v) is 11.3. The summed E-state index contributed by atoms with van der Waals surface area (Å²) in [6.45, 7) is 1.74. The summed E-state index contributed by atoms with van der Waals surface area (Å²) >= 11 is 0. The molecule has 1 fully saturated rings. The number of carboxylic acids is 1. The van der Waals surface area contributed by atoms with E-state index in [4.69, 9.17) is 5.73 Å². The number of nitrogens with zero attached hydrogens (tertiary/aromatic N) is 3. The molecule has 1 aromatic rings. The molecule has 0 saturated carbocycles. The van der Waals surface area contributed by atoms with Crippen LogP contribution in [0.15, 0.2) is 12.3 Å². The fourth-order valence-corrected chi connectivity index (χ4v) is 2.59. The van der Waals surface area contributed by atoms with E-state index in [1.807, 2.05) is 14.1 Å². The quantitative estimate of drug-likeness (QED) is 0.840. The summed E-state index contributed by atoms with van der Waals surface area (Å²) in [5.74, 6) is -0.448. The second kappa shape index (κ2) is 5.44. The van der Waals surface area contributed by atoms with Crippen LogP contribution in [0.5, 0.6) is 0 Å². The Morgan fingerprint density at radius 3 is 3.00 bits per heavy atom. The van der Waals surface area contributed by atoms with Crippen molar-refractivity contribution in [2.24, 2.45) is 0 Å². The lowest BCUT2D eigenvalue weighted by atomic mass is 10.2. The summed E-state index contributed by atoms with van der Waals surface area (Å²) in [5.41, 5.74) is 6.19. The largest absolute Gasteiger partial charge is 0.478 e. The van der Waals surface area contributed by atoms with Crippen molar-refractivity contribution in [3.05, 3.63) is 17.8 Å². The molecule has 6 nitrogen and oxygen atoms in total. The summed E-state index contributed by atoms with van der Waals surface area (Å²) in [6.07, 6.45) is 3.64. The molecule has 1 aliphatic heterocycles.